The number of halogens is 2. The number of fused-ring (bicyclic) bond motifs is 1. The molecule has 2 rings (SSSR count). The predicted molar refractivity (Wildman–Crippen MR) is 62.1 cm³/mol. The third-order valence-electron chi connectivity index (χ3n) is 2.18. The molecule has 0 saturated heterocycles. The second-order valence-electron chi connectivity index (χ2n) is 3.10. The van der Waals surface area contributed by atoms with Gasteiger partial charge < -0.3 is 10.1 Å². The molecule has 0 aliphatic rings. The van der Waals surface area contributed by atoms with Gasteiger partial charge in [-0.1, -0.05) is 33.6 Å². The third kappa shape index (κ3) is 1.67. The van der Waals surface area contributed by atoms with Crippen molar-refractivity contribution in [2.24, 2.45) is 0 Å². The number of benzene rings is 1. The summed E-state index contributed by atoms with van der Waals surface area (Å²) < 4.78 is 0. The number of aromatic amines is 1. The van der Waals surface area contributed by atoms with Crippen molar-refractivity contribution in [1.82, 2.24) is 4.98 Å². The Labute approximate surface area is 95.0 Å². The highest BCUT2D eigenvalue weighted by Crippen LogP contribution is 2.27. The van der Waals surface area contributed by atoms with Gasteiger partial charge in [0.2, 0.25) is 0 Å². The van der Waals surface area contributed by atoms with Crippen molar-refractivity contribution >= 4 is 38.4 Å². The first-order valence-corrected chi connectivity index (χ1v) is 5.73. The topological polar surface area (TPSA) is 36.0 Å². The third-order valence-corrected chi connectivity index (χ3v) is 3.03. The van der Waals surface area contributed by atoms with Crippen LogP contribution in [-0.4, -0.2) is 15.4 Å². The van der Waals surface area contributed by atoms with Crippen molar-refractivity contribution in [3.63, 3.8) is 0 Å². The van der Waals surface area contributed by atoms with Gasteiger partial charge in [0, 0.05) is 33.0 Å². The molecule has 0 aliphatic carbocycles. The van der Waals surface area contributed by atoms with Crippen LogP contribution in [0.5, 0.6) is 0 Å². The second-order valence-corrected chi connectivity index (χ2v) is 4.19. The maximum Gasteiger partial charge on any atom is 0.0907 e. The molecule has 0 spiro atoms. The smallest absolute Gasteiger partial charge is 0.0907 e. The summed E-state index contributed by atoms with van der Waals surface area (Å²) in [6, 6.07) is 5.58. The first kappa shape index (κ1) is 10.0. The van der Waals surface area contributed by atoms with Gasteiger partial charge in [0.15, 0.2) is 0 Å². The van der Waals surface area contributed by atoms with E-state index in [1.54, 1.807) is 0 Å². The Morgan fingerprint density at radius 3 is 3.00 bits per heavy atom. The number of hydrogen-bond acceptors (Lipinski definition) is 1. The second kappa shape index (κ2) is 3.93. The molecule has 2 nitrogen and oxygen atoms in total. The number of aromatic nitrogens is 1. The molecular weight excluding hydrogens is 265 g/mol. The van der Waals surface area contributed by atoms with E-state index in [4.69, 9.17) is 11.6 Å². The number of aliphatic hydroxyl groups is 1. The molecule has 0 saturated carbocycles. The first-order chi connectivity index (χ1) is 6.72. The molecule has 0 radical (unpaired) electrons. The Bertz CT molecular complexity index is 454. The largest absolute Gasteiger partial charge is 0.387 e. The van der Waals surface area contributed by atoms with Crippen LogP contribution in [0.25, 0.3) is 10.9 Å². The lowest BCUT2D eigenvalue weighted by Gasteiger charge is -2.04. The molecule has 0 fully saturated rings. The Kier molecular flexibility index (Phi) is 2.81. The zero-order chi connectivity index (χ0) is 10.1. The maximum atomic E-state index is 9.69. The standard InChI is InChI=1S/C10H9BrClNO/c11-4-10(14)8-5-13-9-3-6(12)1-2-7(8)9/h1-3,5,10,13-14H,4H2. The van der Waals surface area contributed by atoms with E-state index in [-0.39, 0.29) is 0 Å². The van der Waals surface area contributed by atoms with Crippen LogP contribution in [0.4, 0.5) is 0 Å². The molecule has 1 aromatic heterocycles. The van der Waals surface area contributed by atoms with E-state index in [0.29, 0.717) is 10.4 Å². The van der Waals surface area contributed by atoms with Gasteiger partial charge in [-0.15, -0.1) is 0 Å². The lowest BCUT2D eigenvalue weighted by molar-refractivity contribution is 0.207. The van der Waals surface area contributed by atoms with Gasteiger partial charge >= 0.3 is 0 Å². The summed E-state index contributed by atoms with van der Waals surface area (Å²) in [5.74, 6) is 0. The molecule has 74 valence electrons. The van der Waals surface area contributed by atoms with Crippen molar-refractivity contribution in [2.75, 3.05) is 5.33 Å². The van der Waals surface area contributed by atoms with Crippen molar-refractivity contribution in [3.05, 3.63) is 35.0 Å². The van der Waals surface area contributed by atoms with Crippen LogP contribution in [0.15, 0.2) is 24.4 Å². The molecule has 4 heteroatoms. The van der Waals surface area contributed by atoms with Gasteiger partial charge in [0.05, 0.1) is 6.10 Å². The SMILES string of the molecule is OC(CBr)c1c[nH]c2cc(Cl)ccc12. The summed E-state index contributed by atoms with van der Waals surface area (Å²) >= 11 is 9.10. The summed E-state index contributed by atoms with van der Waals surface area (Å²) in [6.45, 7) is 0. The minimum Gasteiger partial charge on any atom is -0.387 e. The Hall–Kier alpha value is -0.510. The lowest BCUT2D eigenvalue weighted by atomic mass is 10.1. The van der Waals surface area contributed by atoms with Crippen LogP contribution < -0.4 is 0 Å². The fourth-order valence-electron chi connectivity index (χ4n) is 1.48. The van der Waals surface area contributed by atoms with Gasteiger partial charge in [-0.3, -0.25) is 0 Å². The number of rotatable bonds is 2. The van der Waals surface area contributed by atoms with Crippen LogP contribution in [-0.2, 0) is 0 Å². The van der Waals surface area contributed by atoms with E-state index in [1.807, 2.05) is 24.4 Å². The summed E-state index contributed by atoms with van der Waals surface area (Å²) in [5.41, 5.74) is 1.85. The van der Waals surface area contributed by atoms with E-state index in [2.05, 4.69) is 20.9 Å². The number of H-pyrrole nitrogens is 1. The average Bonchev–Trinajstić information content (AvgIpc) is 2.59. The van der Waals surface area contributed by atoms with Crippen LogP contribution in [0.3, 0.4) is 0 Å². The van der Waals surface area contributed by atoms with E-state index in [9.17, 15) is 5.11 Å². The predicted octanol–water partition coefficient (Wildman–Crippen LogP) is 3.25. The molecule has 2 aromatic rings. The highest BCUT2D eigenvalue weighted by molar-refractivity contribution is 9.09. The zero-order valence-electron chi connectivity index (χ0n) is 7.30. The molecule has 0 amide bonds. The van der Waals surface area contributed by atoms with Gasteiger partial charge in [0.1, 0.15) is 0 Å². The molecule has 1 heterocycles. The van der Waals surface area contributed by atoms with Crippen LogP contribution in [0.2, 0.25) is 5.02 Å². The lowest BCUT2D eigenvalue weighted by Crippen LogP contribution is -1.96. The fourth-order valence-corrected chi connectivity index (χ4v) is 2.00. The van der Waals surface area contributed by atoms with Gasteiger partial charge in [0.25, 0.3) is 0 Å². The highest BCUT2D eigenvalue weighted by atomic mass is 79.9. The van der Waals surface area contributed by atoms with Gasteiger partial charge in [-0.2, -0.15) is 0 Å². The molecule has 1 aromatic carbocycles. The monoisotopic (exact) mass is 273 g/mol. The van der Waals surface area contributed by atoms with Crippen molar-refractivity contribution < 1.29 is 5.11 Å². The van der Waals surface area contributed by atoms with E-state index >= 15 is 0 Å². The molecule has 1 atom stereocenters. The molecule has 2 N–H and O–H groups in total. The minimum absolute atomic E-state index is 0.482. The number of hydrogen-bond donors (Lipinski definition) is 2. The maximum absolute atomic E-state index is 9.69. The van der Waals surface area contributed by atoms with E-state index < -0.39 is 6.10 Å². The molecule has 0 bridgehead atoms. The van der Waals surface area contributed by atoms with Crippen LogP contribution in [0.1, 0.15) is 11.7 Å². The molecule has 14 heavy (non-hydrogen) atoms. The van der Waals surface area contributed by atoms with Crippen molar-refractivity contribution in [1.29, 1.82) is 0 Å². The van der Waals surface area contributed by atoms with Crippen LogP contribution in [0, 0.1) is 0 Å². The minimum atomic E-state index is -0.482. The summed E-state index contributed by atoms with van der Waals surface area (Å²) in [6.07, 6.45) is 1.33. The average molecular weight is 275 g/mol. The summed E-state index contributed by atoms with van der Waals surface area (Å²) in [5, 5.41) is 11.9. The summed E-state index contributed by atoms with van der Waals surface area (Å²) in [7, 11) is 0. The van der Waals surface area contributed by atoms with Crippen molar-refractivity contribution in [3.8, 4) is 0 Å². The molecule has 1 unspecified atom stereocenters. The molecule has 0 aliphatic heterocycles. The van der Waals surface area contributed by atoms with Gasteiger partial charge in [-0.25, -0.2) is 0 Å². The Morgan fingerprint density at radius 2 is 2.29 bits per heavy atom. The quantitative estimate of drug-likeness (QED) is 0.810. The van der Waals surface area contributed by atoms with Gasteiger partial charge in [-0.05, 0) is 12.1 Å². The van der Waals surface area contributed by atoms with E-state index in [0.717, 1.165) is 16.5 Å². The number of nitrogens with one attached hydrogen (secondary N) is 1. The van der Waals surface area contributed by atoms with Crippen LogP contribution >= 0.6 is 27.5 Å². The fraction of sp³-hybridized carbons (Fsp3) is 0.200. The summed E-state index contributed by atoms with van der Waals surface area (Å²) in [4.78, 5) is 3.08. The van der Waals surface area contributed by atoms with E-state index in [1.165, 1.54) is 0 Å². The Balaban J connectivity index is 2.58. The first-order valence-electron chi connectivity index (χ1n) is 4.23. The normalized spacial score (nSPS) is 13.4. The number of aliphatic hydroxyl groups excluding tert-OH is 1. The molecular formula is C10H9BrClNO. The number of alkyl halides is 1. The highest BCUT2D eigenvalue weighted by Gasteiger charge is 2.11. The van der Waals surface area contributed by atoms with Crippen molar-refractivity contribution in [2.45, 2.75) is 6.10 Å². The zero-order valence-corrected chi connectivity index (χ0v) is 9.64. The Morgan fingerprint density at radius 1 is 1.50 bits per heavy atom.